The zero-order valence-electron chi connectivity index (χ0n) is 15.8. The van der Waals surface area contributed by atoms with Gasteiger partial charge in [0.25, 0.3) is 5.56 Å². The molecule has 8 nitrogen and oxygen atoms in total. The Bertz CT molecular complexity index is 859. The van der Waals surface area contributed by atoms with E-state index in [-0.39, 0.29) is 34.8 Å². The van der Waals surface area contributed by atoms with Crippen LogP contribution in [0.25, 0.3) is 5.78 Å². The van der Waals surface area contributed by atoms with E-state index in [2.05, 4.69) is 15.2 Å². The fourth-order valence-electron chi connectivity index (χ4n) is 3.15. The number of nitrogens with zero attached hydrogens (tertiary/aromatic N) is 4. The maximum absolute atomic E-state index is 12.6. The van der Waals surface area contributed by atoms with Crippen LogP contribution in [0.1, 0.15) is 40.3 Å². The van der Waals surface area contributed by atoms with E-state index in [0.717, 1.165) is 5.69 Å². The van der Waals surface area contributed by atoms with Gasteiger partial charge in [-0.15, -0.1) is 10.2 Å². The number of fused-ring (bicyclic) bond motifs is 1. The standard InChI is InChI=1S/C17H25N5O3S/c1-10-7-21(8-11(2)25-10)14(24)9-26-16-20-19-15-18-13(23)6-12(22(15)16)17(3,4)5/h6,10-11H,7-9H2,1-5H3,(H,18,19,23). The molecule has 1 saturated heterocycles. The summed E-state index contributed by atoms with van der Waals surface area (Å²) in [6.45, 7) is 11.2. The van der Waals surface area contributed by atoms with Crippen molar-refractivity contribution >= 4 is 23.4 Å². The number of amides is 1. The summed E-state index contributed by atoms with van der Waals surface area (Å²) in [5.74, 6) is 0.713. The summed E-state index contributed by atoms with van der Waals surface area (Å²) >= 11 is 1.33. The van der Waals surface area contributed by atoms with Crippen molar-refractivity contribution in [1.82, 2.24) is 24.5 Å². The maximum atomic E-state index is 12.6. The Hall–Kier alpha value is -1.87. The molecule has 9 heteroatoms. The van der Waals surface area contributed by atoms with Gasteiger partial charge in [-0.3, -0.25) is 19.0 Å². The number of H-pyrrole nitrogens is 1. The molecule has 0 radical (unpaired) electrons. The van der Waals surface area contributed by atoms with Gasteiger partial charge in [-0.1, -0.05) is 32.5 Å². The average molecular weight is 379 g/mol. The summed E-state index contributed by atoms with van der Waals surface area (Å²) in [6.07, 6.45) is 0.0818. The Morgan fingerprint density at radius 2 is 1.96 bits per heavy atom. The SMILES string of the molecule is CC1CN(C(=O)CSc2nnc3[nH]c(=O)cc(C(C)(C)C)n23)CC(C)O1. The number of hydrogen-bond acceptors (Lipinski definition) is 6. The normalized spacial score (nSPS) is 21.3. The fraction of sp³-hybridized carbons (Fsp3) is 0.647. The Morgan fingerprint density at radius 1 is 1.31 bits per heavy atom. The smallest absolute Gasteiger partial charge is 0.252 e. The number of rotatable bonds is 3. The van der Waals surface area contributed by atoms with Crippen LogP contribution >= 0.6 is 11.8 Å². The Balaban J connectivity index is 1.81. The van der Waals surface area contributed by atoms with Crippen LogP contribution < -0.4 is 5.56 Å². The van der Waals surface area contributed by atoms with Crippen LogP contribution in [0.2, 0.25) is 0 Å². The number of morpholine rings is 1. The van der Waals surface area contributed by atoms with Gasteiger partial charge in [0.05, 0.1) is 18.0 Å². The van der Waals surface area contributed by atoms with Crippen molar-refractivity contribution in [3.05, 3.63) is 22.1 Å². The van der Waals surface area contributed by atoms with Crippen molar-refractivity contribution in [1.29, 1.82) is 0 Å². The molecule has 1 aliphatic heterocycles. The highest BCUT2D eigenvalue weighted by Gasteiger charge is 2.27. The maximum Gasteiger partial charge on any atom is 0.252 e. The number of aromatic amines is 1. The number of nitrogens with one attached hydrogen (secondary N) is 1. The molecule has 0 aromatic carbocycles. The van der Waals surface area contributed by atoms with E-state index in [1.165, 1.54) is 11.8 Å². The lowest BCUT2D eigenvalue weighted by molar-refractivity contribution is -0.140. The Labute approximate surface area is 156 Å². The highest BCUT2D eigenvalue weighted by Crippen LogP contribution is 2.25. The van der Waals surface area contributed by atoms with Crippen molar-refractivity contribution < 1.29 is 9.53 Å². The summed E-state index contributed by atoms with van der Waals surface area (Å²) < 4.78 is 7.50. The zero-order valence-corrected chi connectivity index (χ0v) is 16.6. The summed E-state index contributed by atoms with van der Waals surface area (Å²) in [7, 11) is 0. The first kappa shape index (κ1) is 18.9. The molecule has 2 aromatic rings. The van der Waals surface area contributed by atoms with E-state index in [1.807, 2.05) is 43.9 Å². The van der Waals surface area contributed by atoms with Gasteiger partial charge in [0.1, 0.15) is 0 Å². The van der Waals surface area contributed by atoms with Gasteiger partial charge in [0.15, 0.2) is 5.16 Å². The van der Waals surface area contributed by atoms with Gasteiger partial charge in [0, 0.05) is 30.3 Å². The van der Waals surface area contributed by atoms with Gasteiger partial charge in [0.2, 0.25) is 11.7 Å². The van der Waals surface area contributed by atoms with E-state index < -0.39 is 0 Å². The summed E-state index contributed by atoms with van der Waals surface area (Å²) in [6, 6.07) is 1.56. The lowest BCUT2D eigenvalue weighted by atomic mass is 9.92. The highest BCUT2D eigenvalue weighted by atomic mass is 32.2. The molecule has 3 heterocycles. The van der Waals surface area contributed by atoms with Gasteiger partial charge < -0.3 is 9.64 Å². The topological polar surface area (TPSA) is 92.6 Å². The van der Waals surface area contributed by atoms with Crippen molar-refractivity contribution in [2.75, 3.05) is 18.8 Å². The second kappa shape index (κ2) is 7.03. The largest absolute Gasteiger partial charge is 0.372 e. The molecule has 1 aliphatic rings. The minimum absolute atomic E-state index is 0.0409. The summed E-state index contributed by atoms with van der Waals surface area (Å²) in [4.78, 5) is 29.0. The van der Waals surface area contributed by atoms with Gasteiger partial charge in [-0.05, 0) is 13.8 Å². The minimum atomic E-state index is -0.261. The third-order valence-corrected chi connectivity index (χ3v) is 5.16. The third kappa shape index (κ3) is 3.93. The first-order valence-electron chi connectivity index (χ1n) is 8.70. The van der Waals surface area contributed by atoms with E-state index >= 15 is 0 Å². The number of carbonyl (C=O) groups is 1. The van der Waals surface area contributed by atoms with Crippen molar-refractivity contribution in [3.8, 4) is 0 Å². The number of hydrogen-bond donors (Lipinski definition) is 1. The summed E-state index contributed by atoms with van der Waals surface area (Å²) in [5.41, 5.74) is 0.340. The van der Waals surface area contributed by atoms with Crippen LogP contribution in [-0.2, 0) is 14.9 Å². The predicted molar refractivity (Wildman–Crippen MR) is 99.6 cm³/mol. The number of ether oxygens (including phenoxy) is 1. The van der Waals surface area contributed by atoms with Gasteiger partial charge in [-0.2, -0.15) is 0 Å². The lowest BCUT2D eigenvalue weighted by Gasteiger charge is -2.35. The van der Waals surface area contributed by atoms with Gasteiger partial charge in [-0.25, -0.2) is 0 Å². The first-order valence-corrected chi connectivity index (χ1v) is 9.68. The molecule has 0 aliphatic carbocycles. The Morgan fingerprint density at radius 3 is 2.58 bits per heavy atom. The minimum Gasteiger partial charge on any atom is -0.372 e. The van der Waals surface area contributed by atoms with Crippen molar-refractivity contribution in [2.45, 2.75) is 57.4 Å². The molecule has 0 saturated carbocycles. The molecule has 26 heavy (non-hydrogen) atoms. The lowest BCUT2D eigenvalue weighted by Crippen LogP contribution is -2.48. The van der Waals surface area contributed by atoms with Crippen LogP contribution in [0.3, 0.4) is 0 Å². The monoisotopic (exact) mass is 379 g/mol. The second-order valence-corrected chi connectivity index (χ2v) is 8.70. The Kier molecular flexibility index (Phi) is 5.12. The molecular formula is C17H25N5O3S. The van der Waals surface area contributed by atoms with Crippen LogP contribution in [0, 0.1) is 0 Å². The molecule has 142 valence electrons. The number of aromatic nitrogens is 4. The first-order chi connectivity index (χ1) is 12.1. The van der Waals surface area contributed by atoms with E-state index in [4.69, 9.17) is 4.74 Å². The highest BCUT2D eigenvalue weighted by molar-refractivity contribution is 7.99. The molecule has 1 N–H and O–H groups in total. The molecule has 0 spiro atoms. The molecular weight excluding hydrogens is 354 g/mol. The molecule has 1 fully saturated rings. The number of carbonyl (C=O) groups excluding carboxylic acids is 1. The van der Waals surface area contributed by atoms with Crippen LogP contribution in [0.4, 0.5) is 0 Å². The summed E-state index contributed by atoms with van der Waals surface area (Å²) in [5, 5.41) is 8.83. The third-order valence-electron chi connectivity index (χ3n) is 4.24. The quantitative estimate of drug-likeness (QED) is 0.812. The van der Waals surface area contributed by atoms with E-state index in [1.54, 1.807) is 6.07 Å². The average Bonchev–Trinajstić information content (AvgIpc) is 2.92. The predicted octanol–water partition coefficient (Wildman–Crippen LogP) is 1.44. The molecule has 2 unspecified atom stereocenters. The molecule has 3 rings (SSSR count). The van der Waals surface area contributed by atoms with E-state index in [0.29, 0.717) is 24.0 Å². The molecule has 2 aromatic heterocycles. The van der Waals surface area contributed by atoms with Gasteiger partial charge >= 0.3 is 0 Å². The second-order valence-electron chi connectivity index (χ2n) is 7.76. The molecule has 1 amide bonds. The molecule has 2 atom stereocenters. The van der Waals surface area contributed by atoms with Crippen molar-refractivity contribution in [3.63, 3.8) is 0 Å². The van der Waals surface area contributed by atoms with Crippen LogP contribution in [-0.4, -0.2) is 61.4 Å². The van der Waals surface area contributed by atoms with Crippen LogP contribution in [0.5, 0.6) is 0 Å². The van der Waals surface area contributed by atoms with Crippen LogP contribution in [0.15, 0.2) is 16.0 Å². The van der Waals surface area contributed by atoms with E-state index in [9.17, 15) is 9.59 Å². The van der Waals surface area contributed by atoms with Crippen molar-refractivity contribution in [2.24, 2.45) is 0 Å². The fourth-order valence-corrected chi connectivity index (χ4v) is 4.00. The zero-order chi connectivity index (χ0) is 19.1. The number of thioether (sulfide) groups is 1. The molecule has 0 bridgehead atoms.